The van der Waals surface area contributed by atoms with Crippen molar-refractivity contribution in [2.75, 3.05) is 11.5 Å². The Bertz CT molecular complexity index is 658. The van der Waals surface area contributed by atoms with Crippen LogP contribution in [-0.4, -0.2) is 32.0 Å². The van der Waals surface area contributed by atoms with Gasteiger partial charge >= 0.3 is 0 Å². The third kappa shape index (κ3) is 4.24. The first-order valence-electron chi connectivity index (χ1n) is 6.95. The van der Waals surface area contributed by atoms with E-state index in [4.69, 9.17) is 5.73 Å². The lowest BCUT2D eigenvalue weighted by Crippen LogP contribution is -2.41. The lowest BCUT2D eigenvalue weighted by Gasteiger charge is -2.20. The van der Waals surface area contributed by atoms with E-state index in [9.17, 15) is 4.79 Å². The van der Waals surface area contributed by atoms with E-state index in [1.165, 1.54) is 11.8 Å². The van der Waals surface area contributed by atoms with Crippen LogP contribution in [0.4, 0.5) is 5.69 Å². The largest absolute Gasteiger partial charge is 0.399 e. The molecule has 0 saturated carbocycles. The summed E-state index contributed by atoms with van der Waals surface area (Å²) in [4.78, 5) is 11.9. The van der Waals surface area contributed by atoms with Gasteiger partial charge in [0.05, 0.1) is 5.75 Å². The van der Waals surface area contributed by atoms with Crippen LogP contribution in [-0.2, 0) is 11.8 Å². The summed E-state index contributed by atoms with van der Waals surface area (Å²) in [6, 6.07) is 7.46. The summed E-state index contributed by atoms with van der Waals surface area (Å²) < 4.78 is 1.88. The molecule has 0 saturated heterocycles. The quantitative estimate of drug-likeness (QED) is 0.665. The minimum atomic E-state index is -0.230. The average molecular weight is 319 g/mol. The Labute approximate surface area is 134 Å². The summed E-state index contributed by atoms with van der Waals surface area (Å²) >= 11 is 1.37. The first-order chi connectivity index (χ1) is 10.3. The van der Waals surface area contributed by atoms with Gasteiger partial charge in [0, 0.05) is 23.8 Å². The van der Waals surface area contributed by atoms with Crippen LogP contribution in [0.2, 0.25) is 0 Å². The molecule has 2 aromatic rings. The zero-order chi connectivity index (χ0) is 16.3. The van der Waals surface area contributed by atoms with Crippen molar-refractivity contribution in [1.29, 1.82) is 0 Å². The summed E-state index contributed by atoms with van der Waals surface area (Å²) in [5.74, 6) is 1.04. The number of benzene rings is 1. The van der Waals surface area contributed by atoms with Crippen LogP contribution in [0.5, 0.6) is 0 Å². The van der Waals surface area contributed by atoms with Crippen LogP contribution in [0.3, 0.4) is 0 Å². The molecule has 3 N–H and O–H groups in total. The normalized spacial score (nSPS) is 11.5. The van der Waals surface area contributed by atoms with Crippen molar-refractivity contribution in [3.05, 3.63) is 24.3 Å². The maximum atomic E-state index is 11.9. The topological polar surface area (TPSA) is 85.8 Å². The van der Waals surface area contributed by atoms with Gasteiger partial charge < -0.3 is 15.6 Å². The zero-order valence-corrected chi connectivity index (χ0v) is 14.1. The van der Waals surface area contributed by atoms with Crippen LogP contribution < -0.4 is 11.1 Å². The summed E-state index contributed by atoms with van der Waals surface area (Å²) in [5, 5.41) is 12.0. The van der Waals surface area contributed by atoms with Gasteiger partial charge in [0.1, 0.15) is 0 Å². The van der Waals surface area contributed by atoms with E-state index in [0.717, 1.165) is 11.4 Å². The van der Waals surface area contributed by atoms with Crippen molar-refractivity contribution in [2.24, 2.45) is 7.05 Å². The highest BCUT2D eigenvalue weighted by molar-refractivity contribution is 7.99. The number of hydrogen-bond donors (Lipinski definition) is 2. The summed E-state index contributed by atoms with van der Waals surface area (Å²) in [5.41, 5.74) is 7.11. The molecule has 7 heteroatoms. The van der Waals surface area contributed by atoms with Crippen molar-refractivity contribution in [3.63, 3.8) is 0 Å². The monoisotopic (exact) mass is 319 g/mol. The lowest BCUT2D eigenvalue weighted by molar-refractivity contribution is -0.119. The Morgan fingerprint density at radius 2 is 1.91 bits per heavy atom. The molecule has 0 aliphatic carbocycles. The average Bonchev–Trinajstić information content (AvgIpc) is 2.77. The molecule has 2 rings (SSSR count). The Balaban J connectivity index is 2.05. The molecule has 0 unspecified atom stereocenters. The molecule has 1 aromatic carbocycles. The van der Waals surface area contributed by atoms with Crippen LogP contribution in [0.1, 0.15) is 20.8 Å². The first-order valence-corrected chi connectivity index (χ1v) is 7.94. The van der Waals surface area contributed by atoms with Crippen molar-refractivity contribution < 1.29 is 4.79 Å². The van der Waals surface area contributed by atoms with Crippen LogP contribution in [0.25, 0.3) is 11.4 Å². The molecule has 1 heterocycles. The molecular weight excluding hydrogens is 298 g/mol. The number of hydrogen-bond acceptors (Lipinski definition) is 5. The highest BCUT2D eigenvalue weighted by Gasteiger charge is 2.16. The molecule has 1 aromatic heterocycles. The molecule has 0 aliphatic heterocycles. The number of rotatable bonds is 4. The fourth-order valence-corrected chi connectivity index (χ4v) is 2.62. The molecule has 6 nitrogen and oxygen atoms in total. The van der Waals surface area contributed by atoms with E-state index in [2.05, 4.69) is 15.5 Å². The second kappa shape index (κ2) is 6.39. The third-order valence-corrected chi connectivity index (χ3v) is 3.87. The number of carbonyl (C=O) groups excluding carboxylic acids is 1. The van der Waals surface area contributed by atoms with Crippen LogP contribution in [0.15, 0.2) is 29.4 Å². The Morgan fingerprint density at radius 3 is 2.50 bits per heavy atom. The van der Waals surface area contributed by atoms with Crippen molar-refractivity contribution >= 4 is 23.4 Å². The smallest absolute Gasteiger partial charge is 0.230 e. The maximum Gasteiger partial charge on any atom is 0.230 e. The summed E-state index contributed by atoms with van der Waals surface area (Å²) in [7, 11) is 1.88. The predicted molar refractivity (Wildman–Crippen MR) is 89.5 cm³/mol. The number of nitrogens with two attached hydrogens (primary N) is 1. The van der Waals surface area contributed by atoms with Gasteiger partial charge in [0.25, 0.3) is 0 Å². The van der Waals surface area contributed by atoms with E-state index < -0.39 is 0 Å². The van der Waals surface area contributed by atoms with Gasteiger partial charge in [-0.05, 0) is 45.0 Å². The standard InChI is InChI=1S/C15H21N5OS/c1-15(2,3)17-12(21)9-22-14-19-18-13(20(14)4)10-5-7-11(16)8-6-10/h5-8H,9,16H2,1-4H3,(H,17,21). The second-order valence-corrected chi connectivity index (χ2v) is 7.02. The number of anilines is 1. The predicted octanol–water partition coefficient (Wildman–Crippen LogP) is 2.07. The third-order valence-electron chi connectivity index (χ3n) is 2.85. The number of nitrogens with zero attached hydrogens (tertiary/aromatic N) is 3. The first kappa shape index (κ1) is 16.4. The number of aromatic nitrogens is 3. The molecular formula is C15H21N5OS. The number of thioether (sulfide) groups is 1. The fraction of sp³-hybridized carbons (Fsp3) is 0.400. The molecule has 1 amide bonds. The molecule has 22 heavy (non-hydrogen) atoms. The minimum Gasteiger partial charge on any atom is -0.399 e. The molecule has 0 atom stereocenters. The molecule has 0 radical (unpaired) electrons. The number of nitrogen functional groups attached to an aromatic ring is 1. The van der Waals surface area contributed by atoms with Gasteiger partial charge in [-0.1, -0.05) is 11.8 Å². The Kier molecular flexibility index (Phi) is 4.75. The Hall–Kier alpha value is -2.02. The van der Waals surface area contributed by atoms with Gasteiger partial charge in [0.2, 0.25) is 5.91 Å². The molecule has 0 fully saturated rings. The number of carbonyl (C=O) groups is 1. The fourth-order valence-electron chi connectivity index (χ4n) is 1.91. The highest BCUT2D eigenvalue weighted by atomic mass is 32.2. The van der Waals surface area contributed by atoms with Crippen molar-refractivity contribution in [3.8, 4) is 11.4 Å². The zero-order valence-electron chi connectivity index (χ0n) is 13.3. The molecule has 0 bridgehead atoms. The van der Waals surface area contributed by atoms with Gasteiger partial charge in [-0.3, -0.25) is 4.79 Å². The van der Waals surface area contributed by atoms with Gasteiger partial charge in [-0.15, -0.1) is 10.2 Å². The molecule has 0 aliphatic rings. The van der Waals surface area contributed by atoms with Crippen LogP contribution >= 0.6 is 11.8 Å². The molecule has 0 spiro atoms. The SMILES string of the molecule is Cn1c(SCC(=O)NC(C)(C)C)nnc1-c1ccc(N)cc1. The molecule has 118 valence electrons. The minimum absolute atomic E-state index is 0.0189. The van der Waals surface area contributed by atoms with E-state index in [-0.39, 0.29) is 11.4 Å². The number of amides is 1. The summed E-state index contributed by atoms with van der Waals surface area (Å²) in [6.07, 6.45) is 0. The van der Waals surface area contributed by atoms with Crippen molar-refractivity contribution in [1.82, 2.24) is 20.1 Å². The van der Waals surface area contributed by atoms with E-state index >= 15 is 0 Å². The van der Waals surface area contributed by atoms with Crippen molar-refractivity contribution in [2.45, 2.75) is 31.5 Å². The highest BCUT2D eigenvalue weighted by Crippen LogP contribution is 2.23. The van der Waals surface area contributed by atoms with E-state index in [1.807, 2.05) is 56.7 Å². The summed E-state index contributed by atoms with van der Waals surface area (Å²) in [6.45, 7) is 5.87. The number of nitrogens with one attached hydrogen (secondary N) is 1. The van der Waals surface area contributed by atoms with Gasteiger partial charge in [0.15, 0.2) is 11.0 Å². The van der Waals surface area contributed by atoms with Gasteiger partial charge in [-0.2, -0.15) is 0 Å². The lowest BCUT2D eigenvalue weighted by atomic mass is 10.1. The van der Waals surface area contributed by atoms with Crippen LogP contribution in [0, 0.1) is 0 Å². The second-order valence-electron chi connectivity index (χ2n) is 6.07. The Morgan fingerprint density at radius 1 is 1.27 bits per heavy atom. The maximum absolute atomic E-state index is 11.9. The van der Waals surface area contributed by atoms with E-state index in [0.29, 0.717) is 16.6 Å². The van der Waals surface area contributed by atoms with Gasteiger partial charge in [-0.25, -0.2) is 0 Å². The van der Waals surface area contributed by atoms with E-state index in [1.54, 1.807) is 0 Å².